The summed E-state index contributed by atoms with van der Waals surface area (Å²) in [6.07, 6.45) is 5.37. The van der Waals surface area contributed by atoms with Crippen LogP contribution in [0, 0.1) is 6.92 Å². The molecule has 4 rings (SSSR count). The van der Waals surface area contributed by atoms with E-state index >= 15 is 0 Å². The van der Waals surface area contributed by atoms with E-state index in [0.29, 0.717) is 17.2 Å². The summed E-state index contributed by atoms with van der Waals surface area (Å²) in [5.41, 5.74) is 1.53. The number of likely N-dealkylation sites (tertiary alicyclic amines) is 1. The number of aryl methyl sites for hydroxylation is 1. The van der Waals surface area contributed by atoms with E-state index in [9.17, 15) is 4.79 Å². The zero-order chi connectivity index (χ0) is 15.8. The van der Waals surface area contributed by atoms with E-state index in [1.54, 1.807) is 12.3 Å². The van der Waals surface area contributed by atoms with Crippen LogP contribution in [0.25, 0.3) is 5.65 Å². The van der Waals surface area contributed by atoms with Gasteiger partial charge < -0.3 is 9.32 Å². The number of nitrogens with zero attached hydrogens (tertiary/aromatic N) is 4. The number of furan rings is 1. The molecule has 1 aliphatic heterocycles. The first-order valence-electron chi connectivity index (χ1n) is 7.87. The number of pyridine rings is 1. The fourth-order valence-electron chi connectivity index (χ4n) is 3.26. The highest BCUT2D eigenvalue weighted by atomic mass is 16.3. The number of fused-ring (bicyclic) bond motifs is 1. The van der Waals surface area contributed by atoms with Gasteiger partial charge in [-0.25, -0.2) is 0 Å². The van der Waals surface area contributed by atoms with Crippen molar-refractivity contribution in [2.24, 2.45) is 0 Å². The lowest BCUT2D eigenvalue weighted by Crippen LogP contribution is -2.38. The van der Waals surface area contributed by atoms with E-state index in [-0.39, 0.29) is 5.91 Å². The van der Waals surface area contributed by atoms with Crippen molar-refractivity contribution >= 4 is 11.6 Å². The van der Waals surface area contributed by atoms with Crippen molar-refractivity contribution in [3.8, 4) is 0 Å². The van der Waals surface area contributed by atoms with Gasteiger partial charge in [0, 0.05) is 25.2 Å². The van der Waals surface area contributed by atoms with Gasteiger partial charge in [0.15, 0.2) is 5.65 Å². The Morgan fingerprint density at radius 2 is 2.04 bits per heavy atom. The normalized spacial score (nSPS) is 16.1. The quantitative estimate of drug-likeness (QED) is 0.730. The Hall–Kier alpha value is -2.63. The Bertz CT molecular complexity index is 843. The number of amides is 1. The third-order valence-electron chi connectivity index (χ3n) is 4.58. The summed E-state index contributed by atoms with van der Waals surface area (Å²) in [7, 11) is 0. The number of hydrogen-bond acceptors (Lipinski definition) is 4. The summed E-state index contributed by atoms with van der Waals surface area (Å²) < 4.78 is 7.28. The van der Waals surface area contributed by atoms with E-state index in [0.717, 1.165) is 37.4 Å². The molecular formula is C17H18N4O2. The van der Waals surface area contributed by atoms with Gasteiger partial charge in [-0.1, -0.05) is 6.07 Å². The highest BCUT2D eigenvalue weighted by Crippen LogP contribution is 2.28. The molecule has 6 heteroatoms. The minimum Gasteiger partial charge on any atom is -0.469 e. The molecule has 0 atom stereocenters. The second-order valence-corrected chi connectivity index (χ2v) is 5.94. The molecule has 6 nitrogen and oxygen atoms in total. The summed E-state index contributed by atoms with van der Waals surface area (Å²) in [5, 5.41) is 8.57. The SMILES string of the molecule is Cc1occc1C(=O)N1CCC(c2nnc3ccccn23)CC1. The Balaban J connectivity index is 1.49. The topological polar surface area (TPSA) is 63.6 Å². The fraction of sp³-hybridized carbons (Fsp3) is 0.353. The number of piperidine rings is 1. The van der Waals surface area contributed by atoms with Crippen molar-refractivity contribution in [2.45, 2.75) is 25.7 Å². The van der Waals surface area contributed by atoms with Gasteiger partial charge in [0.1, 0.15) is 11.6 Å². The molecule has 0 bridgehead atoms. The molecule has 0 saturated carbocycles. The minimum atomic E-state index is 0.0563. The molecule has 0 aliphatic carbocycles. The number of carbonyl (C=O) groups is 1. The predicted octanol–water partition coefficient (Wildman–Crippen LogP) is 2.65. The molecular weight excluding hydrogens is 292 g/mol. The van der Waals surface area contributed by atoms with Crippen LogP contribution >= 0.6 is 0 Å². The standard InChI is InChI=1S/C17H18N4O2/c1-12-14(7-11-23-12)17(22)20-9-5-13(6-10-20)16-19-18-15-4-2-3-8-21(15)16/h2-4,7-8,11,13H,5-6,9-10H2,1H3. The van der Waals surface area contributed by atoms with Crippen LogP contribution in [-0.2, 0) is 0 Å². The van der Waals surface area contributed by atoms with Gasteiger partial charge in [-0.15, -0.1) is 10.2 Å². The molecule has 0 radical (unpaired) electrons. The maximum absolute atomic E-state index is 12.5. The lowest BCUT2D eigenvalue weighted by atomic mass is 9.95. The lowest BCUT2D eigenvalue weighted by molar-refractivity contribution is 0.0709. The minimum absolute atomic E-state index is 0.0563. The van der Waals surface area contributed by atoms with Gasteiger partial charge in [0.25, 0.3) is 5.91 Å². The lowest BCUT2D eigenvalue weighted by Gasteiger charge is -2.31. The molecule has 0 N–H and O–H groups in total. The van der Waals surface area contributed by atoms with E-state index < -0.39 is 0 Å². The van der Waals surface area contributed by atoms with Gasteiger partial charge in [-0.2, -0.15) is 0 Å². The van der Waals surface area contributed by atoms with E-state index in [1.165, 1.54) is 0 Å². The van der Waals surface area contributed by atoms with Crippen LogP contribution in [0.2, 0.25) is 0 Å². The van der Waals surface area contributed by atoms with Crippen LogP contribution in [0.15, 0.2) is 41.1 Å². The number of hydrogen-bond donors (Lipinski definition) is 0. The first-order valence-corrected chi connectivity index (χ1v) is 7.87. The van der Waals surface area contributed by atoms with Crippen LogP contribution in [0.4, 0.5) is 0 Å². The van der Waals surface area contributed by atoms with Crippen LogP contribution in [0.3, 0.4) is 0 Å². The van der Waals surface area contributed by atoms with E-state index in [2.05, 4.69) is 10.2 Å². The Morgan fingerprint density at radius 3 is 2.78 bits per heavy atom. The van der Waals surface area contributed by atoms with Crippen molar-refractivity contribution in [2.75, 3.05) is 13.1 Å². The highest BCUT2D eigenvalue weighted by molar-refractivity contribution is 5.95. The Kier molecular flexibility index (Phi) is 3.37. The van der Waals surface area contributed by atoms with Crippen molar-refractivity contribution in [3.63, 3.8) is 0 Å². The number of carbonyl (C=O) groups excluding carboxylic acids is 1. The van der Waals surface area contributed by atoms with Crippen molar-refractivity contribution in [1.82, 2.24) is 19.5 Å². The molecule has 23 heavy (non-hydrogen) atoms. The fourth-order valence-corrected chi connectivity index (χ4v) is 3.26. The summed E-state index contributed by atoms with van der Waals surface area (Å²) in [4.78, 5) is 14.4. The monoisotopic (exact) mass is 310 g/mol. The third-order valence-corrected chi connectivity index (χ3v) is 4.58. The molecule has 1 saturated heterocycles. The van der Waals surface area contributed by atoms with Gasteiger partial charge in [0.05, 0.1) is 11.8 Å². The third kappa shape index (κ3) is 2.40. The summed E-state index contributed by atoms with van der Waals surface area (Å²) in [5.74, 6) is 2.07. The van der Waals surface area contributed by atoms with Crippen LogP contribution < -0.4 is 0 Å². The summed E-state index contributed by atoms with van der Waals surface area (Å²) in [6, 6.07) is 7.65. The maximum atomic E-state index is 12.5. The largest absolute Gasteiger partial charge is 0.469 e. The predicted molar refractivity (Wildman–Crippen MR) is 84.3 cm³/mol. The first kappa shape index (κ1) is 14.0. The molecule has 0 unspecified atom stereocenters. The molecule has 1 amide bonds. The molecule has 3 aromatic rings. The average molecular weight is 310 g/mol. The highest BCUT2D eigenvalue weighted by Gasteiger charge is 2.28. The Labute approximate surface area is 133 Å². The smallest absolute Gasteiger partial charge is 0.257 e. The van der Waals surface area contributed by atoms with Crippen molar-refractivity contribution < 1.29 is 9.21 Å². The van der Waals surface area contributed by atoms with E-state index in [1.807, 2.05) is 40.6 Å². The number of aromatic nitrogens is 3. The number of rotatable bonds is 2. The van der Waals surface area contributed by atoms with E-state index in [4.69, 9.17) is 4.42 Å². The molecule has 1 aliphatic rings. The zero-order valence-corrected chi connectivity index (χ0v) is 13.0. The summed E-state index contributed by atoms with van der Waals surface area (Å²) >= 11 is 0. The van der Waals surface area contributed by atoms with Gasteiger partial charge in [-0.05, 0) is 38.0 Å². The molecule has 4 heterocycles. The van der Waals surface area contributed by atoms with Gasteiger partial charge in [-0.3, -0.25) is 9.20 Å². The van der Waals surface area contributed by atoms with Crippen molar-refractivity contribution in [3.05, 3.63) is 53.9 Å². The molecule has 1 fully saturated rings. The average Bonchev–Trinajstić information content (AvgIpc) is 3.20. The molecule has 0 aromatic carbocycles. The van der Waals surface area contributed by atoms with Crippen LogP contribution in [0.5, 0.6) is 0 Å². The Morgan fingerprint density at radius 1 is 1.22 bits per heavy atom. The van der Waals surface area contributed by atoms with Gasteiger partial charge >= 0.3 is 0 Å². The maximum Gasteiger partial charge on any atom is 0.257 e. The van der Waals surface area contributed by atoms with Crippen molar-refractivity contribution in [1.29, 1.82) is 0 Å². The zero-order valence-electron chi connectivity index (χ0n) is 13.0. The molecule has 118 valence electrons. The second kappa shape index (κ2) is 5.53. The van der Waals surface area contributed by atoms with Gasteiger partial charge in [0.2, 0.25) is 0 Å². The van der Waals surface area contributed by atoms with Crippen LogP contribution in [-0.4, -0.2) is 38.5 Å². The molecule has 0 spiro atoms. The summed E-state index contributed by atoms with van der Waals surface area (Å²) in [6.45, 7) is 3.29. The van der Waals surface area contributed by atoms with Crippen LogP contribution in [0.1, 0.15) is 40.7 Å². The first-order chi connectivity index (χ1) is 11.2. The molecule has 3 aromatic heterocycles. The second-order valence-electron chi connectivity index (χ2n) is 5.94.